The van der Waals surface area contributed by atoms with Crippen molar-refractivity contribution in [3.05, 3.63) is 27.1 Å². The van der Waals surface area contributed by atoms with Crippen LogP contribution < -0.4 is 10.6 Å². The third-order valence-electron chi connectivity index (χ3n) is 3.30. The van der Waals surface area contributed by atoms with Gasteiger partial charge in [-0.05, 0) is 41.1 Å². The average Bonchev–Trinajstić information content (AvgIpc) is 2.29. The smallest absolute Gasteiger partial charge is 0.320 e. The molecule has 0 aliphatic carbocycles. The van der Waals surface area contributed by atoms with Gasteiger partial charge in [0.15, 0.2) is 5.54 Å². The van der Waals surface area contributed by atoms with Crippen LogP contribution in [0.2, 0.25) is 0 Å². The Morgan fingerprint density at radius 3 is 1.95 bits per heavy atom. The molecule has 9 heteroatoms. The zero-order chi connectivity index (χ0) is 17.3. The molecule has 0 unspecified atom stereocenters. The van der Waals surface area contributed by atoms with E-state index < -0.39 is 23.4 Å². The van der Waals surface area contributed by atoms with Crippen LogP contribution in [0.3, 0.4) is 0 Å². The molecule has 1 aromatic rings. The number of nitrogens with one attached hydrogen (secondary N) is 2. The van der Waals surface area contributed by atoms with Crippen molar-refractivity contribution in [3.63, 3.8) is 0 Å². The first-order chi connectivity index (χ1) is 9.78. The summed E-state index contributed by atoms with van der Waals surface area (Å²) in [5, 5.41) is 3.93. The lowest BCUT2D eigenvalue weighted by atomic mass is 9.88. The second-order valence-electron chi connectivity index (χ2n) is 5.11. The largest absolute Gasteiger partial charge is 0.321 e. The number of alkyl halides is 4. The summed E-state index contributed by atoms with van der Waals surface area (Å²) < 4.78 is 55.4. The Kier molecular flexibility index (Phi) is 5.55. The minimum atomic E-state index is -3.83. The predicted molar refractivity (Wildman–Crippen MR) is 83.6 cm³/mol. The number of rotatable bonds is 4. The molecule has 3 nitrogen and oxygen atoms in total. The van der Waals surface area contributed by atoms with E-state index in [1.807, 2.05) is 0 Å². The molecule has 0 bridgehead atoms. The third-order valence-corrected chi connectivity index (χ3v) is 4.45. The van der Waals surface area contributed by atoms with Crippen LogP contribution in [0.5, 0.6) is 0 Å². The van der Waals surface area contributed by atoms with Gasteiger partial charge in [-0.25, -0.2) is 22.4 Å². The second kappa shape index (κ2) is 6.35. The lowest BCUT2D eigenvalue weighted by Crippen LogP contribution is -2.67. The Labute approximate surface area is 142 Å². The van der Waals surface area contributed by atoms with Gasteiger partial charge in [0, 0.05) is 22.8 Å². The van der Waals surface area contributed by atoms with Crippen LogP contribution in [0.15, 0.2) is 27.1 Å². The number of hydrogen-bond acceptors (Lipinski definition) is 1. The fourth-order valence-corrected chi connectivity index (χ4v) is 2.72. The summed E-state index contributed by atoms with van der Waals surface area (Å²) in [6.45, 7) is 1.27. The molecule has 0 spiro atoms. The van der Waals surface area contributed by atoms with Crippen LogP contribution in [0.1, 0.15) is 20.8 Å². The minimum Gasteiger partial charge on any atom is -0.321 e. The van der Waals surface area contributed by atoms with E-state index >= 15 is 0 Å². The Bertz CT molecular complexity index is 556. The lowest BCUT2D eigenvalue weighted by molar-refractivity contribution is -0.173. The predicted octanol–water partition coefficient (Wildman–Crippen LogP) is 5.40. The number of benzene rings is 1. The van der Waals surface area contributed by atoms with Crippen molar-refractivity contribution in [2.45, 2.75) is 38.2 Å². The second-order valence-corrected chi connectivity index (χ2v) is 6.88. The van der Waals surface area contributed by atoms with Gasteiger partial charge in [-0.1, -0.05) is 15.9 Å². The molecule has 0 aromatic heterocycles. The SMILES string of the molecule is CC(F)(F)C(C)(NC(=O)Nc1ccc(Br)cc1Br)C(C)(F)F. The van der Waals surface area contributed by atoms with E-state index in [-0.39, 0.29) is 5.69 Å². The van der Waals surface area contributed by atoms with E-state index in [0.29, 0.717) is 25.2 Å². The zero-order valence-electron chi connectivity index (χ0n) is 11.9. The Balaban J connectivity index is 2.99. The third kappa shape index (κ3) is 4.13. The topological polar surface area (TPSA) is 41.1 Å². The number of carbonyl (C=O) groups excluding carboxylic acids is 1. The molecule has 124 valence electrons. The number of urea groups is 1. The quantitative estimate of drug-likeness (QED) is 0.593. The van der Waals surface area contributed by atoms with Gasteiger partial charge in [-0.15, -0.1) is 0 Å². The summed E-state index contributed by atoms with van der Waals surface area (Å²) >= 11 is 6.37. The maximum absolute atomic E-state index is 13.6. The fourth-order valence-electron chi connectivity index (χ4n) is 1.58. The number of hydrogen-bond donors (Lipinski definition) is 2. The van der Waals surface area contributed by atoms with Gasteiger partial charge < -0.3 is 10.6 Å². The number of anilines is 1. The molecule has 1 rings (SSSR count). The molecule has 0 saturated heterocycles. The standard InChI is InChI=1S/C13H14Br2F4N2O/c1-11(12(2,16)17,13(3,18)19)21-10(22)20-9-5-4-7(14)6-8(9)15/h4-6H,1-3H3,(H2,20,21,22). The first kappa shape index (κ1) is 19.2. The lowest BCUT2D eigenvalue weighted by Gasteiger charge is -2.40. The van der Waals surface area contributed by atoms with Crippen LogP contribution in [0, 0.1) is 0 Å². The molecule has 1 aromatic carbocycles. The Morgan fingerprint density at radius 1 is 1.05 bits per heavy atom. The van der Waals surface area contributed by atoms with Crippen LogP contribution in [0.4, 0.5) is 28.0 Å². The highest BCUT2D eigenvalue weighted by atomic mass is 79.9. The molecule has 2 N–H and O–H groups in total. The monoisotopic (exact) mass is 448 g/mol. The molecular formula is C13H14Br2F4N2O. The molecule has 2 amide bonds. The average molecular weight is 450 g/mol. The minimum absolute atomic E-state index is 0.252. The molecule has 0 saturated carbocycles. The van der Waals surface area contributed by atoms with Gasteiger partial charge in [0.25, 0.3) is 11.8 Å². The highest BCUT2D eigenvalue weighted by molar-refractivity contribution is 9.11. The van der Waals surface area contributed by atoms with Crippen molar-refractivity contribution in [2.24, 2.45) is 0 Å². The maximum Gasteiger partial charge on any atom is 0.320 e. The van der Waals surface area contributed by atoms with Crippen molar-refractivity contribution in [2.75, 3.05) is 5.32 Å². The van der Waals surface area contributed by atoms with Crippen molar-refractivity contribution in [3.8, 4) is 0 Å². The van der Waals surface area contributed by atoms with E-state index in [4.69, 9.17) is 0 Å². The fraction of sp³-hybridized carbons (Fsp3) is 0.462. The molecule has 0 aliphatic rings. The highest BCUT2D eigenvalue weighted by Gasteiger charge is 2.61. The first-order valence-electron chi connectivity index (χ1n) is 6.08. The van der Waals surface area contributed by atoms with Crippen molar-refractivity contribution < 1.29 is 22.4 Å². The van der Waals surface area contributed by atoms with Gasteiger partial charge in [0.05, 0.1) is 5.69 Å². The Hall–Kier alpha value is -0.830. The molecule has 0 heterocycles. The van der Waals surface area contributed by atoms with Crippen LogP contribution >= 0.6 is 31.9 Å². The van der Waals surface area contributed by atoms with Gasteiger partial charge in [-0.2, -0.15) is 0 Å². The van der Waals surface area contributed by atoms with Gasteiger partial charge >= 0.3 is 6.03 Å². The summed E-state index contributed by atoms with van der Waals surface area (Å²) in [5.74, 6) is -7.67. The van der Waals surface area contributed by atoms with Gasteiger partial charge in [0.1, 0.15) is 0 Å². The summed E-state index contributed by atoms with van der Waals surface area (Å²) in [6, 6.07) is 3.54. The summed E-state index contributed by atoms with van der Waals surface area (Å²) in [5.41, 5.74) is -2.78. The summed E-state index contributed by atoms with van der Waals surface area (Å²) in [4.78, 5) is 11.8. The zero-order valence-corrected chi connectivity index (χ0v) is 15.1. The molecule has 22 heavy (non-hydrogen) atoms. The normalized spacial score (nSPS) is 13.0. The number of carbonyl (C=O) groups is 1. The van der Waals surface area contributed by atoms with Crippen LogP contribution in [-0.2, 0) is 0 Å². The number of amides is 2. The van der Waals surface area contributed by atoms with E-state index in [1.165, 1.54) is 6.07 Å². The van der Waals surface area contributed by atoms with Crippen LogP contribution in [-0.4, -0.2) is 23.4 Å². The molecule has 0 fully saturated rings. The van der Waals surface area contributed by atoms with Crippen LogP contribution in [0.25, 0.3) is 0 Å². The van der Waals surface area contributed by atoms with E-state index in [0.717, 1.165) is 4.47 Å². The molecule has 0 aliphatic heterocycles. The van der Waals surface area contributed by atoms with E-state index in [9.17, 15) is 22.4 Å². The van der Waals surface area contributed by atoms with Gasteiger partial charge in [-0.3, -0.25) is 0 Å². The molecule has 0 radical (unpaired) electrons. The summed E-state index contributed by atoms with van der Waals surface area (Å²) in [7, 11) is 0. The first-order valence-corrected chi connectivity index (χ1v) is 7.66. The highest BCUT2D eigenvalue weighted by Crippen LogP contribution is 2.40. The van der Waals surface area contributed by atoms with E-state index in [1.54, 1.807) is 17.4 Å². The summed E-state index contributed by atoms with van der Waals surface area (Å²) in [6.07, 6.45) is 0. The number of halogens is 6. The van der Waals surface area contributed by atoms with Crippen molar-refractivity contribution in [1.29, 1.82) is 0 Å². The van der Waals surface area contributed by atoms with E-state index in [2.05, 4.69) is 37.2 Å². The Morgan fingerprint density at radius 2 is 1.55 bits per heavy atom. The molecule has 0 atom stereocenters. The van der Waals surface area contributed by atoms with Crippen molar-refractivity contribution >= 4 is 43.6 Å². The van der Waals surface area contributed by atoms with Crippen molar-refractivity contribution in [1.82, 2.24) is 5.32 Å². The van der Waals surface area contributed by atoms with Gasteiger partial charge in [0.2, 0.25) is 0 Å². The molecular weight excluding hydrogens is 436 g/mol. The maximum atomic E-state index is 13.6.